The van der Waals surface area contributed by atoms with E-state index in [1.165, 1.54) is 6.08 Å². The van der Waals surface area contributed by atoms with E-state index in [-0.39, 0.29) is 12.5 Å². The van der Waals surface area contributed by atoms with Crippen LogP contribution in [0.4, 0.5) is 0 Å². The van der Waals surface area contributed by atoms with Gasteiger partial charge in [0.15, 0.2) is 6.61 Å². The molecule has 1 heterocycles. The molecule has 0 bridgehead atoms. The Hall–Kier alpha value is -3.92. The molecule has 3 rings (SSSR count). The Labute approximate surface area is 155 Å². The molecule has 0 spiro atoms. The van der Waals surface area contributed by atoms with Crippen LogP contribution in [-0.4, -0.2) is 23.2 Å². The second-order valence-corrected chi connectivity index (χ2v) is 5.42. The number of hydrogen-bond donors (Lipinski definition) is 0. The minimum Gasteiger partial charge on any atom is -0.497 e. The first-order valence-electron chi connectivity index (χ1n) is 8.00. The van der Waals surface area contributed by atoms with Crippen molar-refractivity contribution in [2.75, 3.05) is 7.11 Å². The lowest BCUT2D eigenvalue weighted by Crippen LogP contribution is -2.01. The van der Waals surface area contributed by atoms with Gasteiger partial charge in [-0.3, -0.25) is 0 Å². The third-order valence-electron chi connectivity index (χ3n) is 3.59. The van der Waals surface area contributed by atoms with E-state index in [0.717, 1.165) is 11.1 Å². The van der Waals surface area contributed by atoms with E-state index < -0.39 is 5.97 Å². The lowest BCUT2D eigenvalue weighted by Gasteiger charge is -2.00. The fraction of sp³-hybridized carbons (Fsp3) is 0.100. The van der Waals surface area contributed by atoms with Gasteiger partial charge in [0.05, 0.1) is 18.7 Å². The van der Waals surface area contributed by atoms with E-state index in [1.807, 2.05) is 24.3 Å². The average Bonchev–Trinajstić information content (AvgIpc) is 3.20. The third-order valence-corrected chi connectivity index (χ3v) is 3.59. The van der Waals surface area contributed by atoms with Crippen molar-refractivity contribution in [2.45, 2.75) is 6.61 Å². The summed E-state index contributed by atoms with van der Waals surface area (Å²) in [6, 6.07) is 16.1. The van der Waals surface area contributed by atoms with Gasteiger partial charge in [-0.05, 0) is 35.9 Å². The maximum atomic E-state index is 11.8. The van der Waals surface area contributed by atoms with Crippen molar-refractivity contribution >= 4 is 12.0 Å². The first kappa shape index (κ1) is 17.9. The number of nitrogens with zero attached hydrogens (tertiary/aromatic N) is 3. The smallest absolute Gasteiger partial charge is 0.331 e. The van der Waals surface area contributed by atoms with Gasteiger partial charge in [-0.1, -0.05) is 29.4 Å². The predicted molar refractivity (Wildman–Crippen MR) is 96.3 cm³/mol. The Morgan fingerprint density at radius 2 is 2.07 bits per heavy atom. The van der Waals surface area contributed by atoms with Crippen LogP contribution in [0.25, 0.3) is 17.5 Å². The summed E-state index contributed by atoms with van der Waals surface area (Å²) in [5.74, 6) is 0.708. The number of benzene rings is 2. The molecule has 7 nitrogen and oxygen atoms in total. The monoisotopic (exact) mass is 361 g/mol. The number of carbonyl (C=O) groups is 1. The number of nitriles is 1. The van der Waals surface area contributed by atoms with Gasteiger partial charge in [0.2, 0.25) is 5.82 Å². The molecule has 0 saturated heterocycles. The first-order chi connectivity index (χ1) is 13.2. The van der Waals surface area contributed by atoms with Crippen molar-refractivity contribution in [3.63, 3.8) is 0 Å². The normalized spacial score (nSPS) is 10.5. The van der Waals surface area contributed by atoms with Gasteiger partial charge in [0.25, 0.3) is 5.89 Å². The lowest BCUT2D eigenvalue weighted by atomic mass is 10.1. The molecular weight excluding hydrogens is 346 g/mol. The van der Waals surface area contributed by atoms with Crippen LogP contribution in [0.2, 0.25) is 0 Å². The average molecular weight is 361 g/mol. The molecule has 7 heteroatoms. The zero-order valence-corrected chi connectivity index (χ0v) is 14.5. The maximum Gasteiger partial charge on any atom is 0.331 e. The summed E-state index contributed by atoms with van der Waals surface area (Å²) in [5, 5.41) is 12.6. The molecule has 1 aromatic heterocycles. The quantitative estimate of drug-likeness (QED) is 0.490. The standard InChI is InChI=1S/C20H15N3O4/c1-25-17-4-2-3-16(11-17)20-22-18(27-23-20)13-26-19(24)10-9-14-5-7-15(12-21)8-6-14/h2-11H,13H2,1H3/b10-9+. The molecule has 0 radical (unpaired) electrons. The minimum absolute atomic E-state index is 0.131. The van der Waals surface area contributed by atoms with Crippen molar-refractivity contribution in [1.82, 2.24) is 10.1 Å². The molecule has 2 aromatic carbocycles. The van der Waals surface area contributed by atoms with Crippen molar-refractivity contribution in [3.8, 4) is 23.2 Å². The Morgan fingerprint density at radius 1 is 1.26 bits per heavy atom. The van der Waals surface area contributed by atoms with Crippen LogP contribution in [-0.2, 0) is 16.1 Å². The SMILES string of the molecule is COc1cccc(-c2noc(COC(=O)/C=C/c3ccc(C#N)cc3)n2)c1. The van der Waals surface area contributed by atoms with Gasteiger partial charge in [-0.2, -0.15) is 10.2 Å². The van der Waals surface area contributed by atoms with E-state index in [1.54, 1.807) is 43.5 Å². The van der Waals surface area contributed by atoms with Gasteiger partial charge in [0, 0.05) is 11.6 Å². The second-order valence-electron chi connectivity index (χ2n) is 5.42. The van der Waals surface area contributed by atoms with Gasteiger partial charge in [-0.15, -0.1) is 0 Å². The summed E-state index contributed by atoms with van der Waals surface area (Å²) in [6.07, 6.45) is 2.89. The van der Waals surface area contributed by atoms with Crippen LogP contribution in [0.5, 0.6) is 5.75 Å². The lowest BCUT2D eigenvalue weighted by molar-refractivity contribution is -0.139. The first-order valence-corrected chi connectivity index (χ1v) is 8.00. The Morgan fingerprint density at radius 3 is 2.81 bits per heavy atom. The number of methoxy groups -OCH3 is 1. The van der Waals surface area contributed by atoms with Crippen LogP contribution < -0.4 is 4.74 Å². The van der Waals surface area contributed by atoms with Crippen molar-refractivity contribution in [3.05, 3.63) is 71.6 Å². The van der Waals surface area contributed by atoms with Crippen molar-refractivity contribution in [1.29, 1.82) is 5.26 Å². The molecule has 0 atom stereocenters. The maximum absolute atomic E-state index is 11.8. The van der Waals surface area contributed by atoms with Gasteiger partial charge < -0.3 is 14.0 Å². The summed E-state index contributed by atoms with van der Waals surface area (Å²) in [7, 11) is 1.58. The van der Waals surface area contributed by atoms with Gasteiger partial charge in [0.1, 0.15) is 5.75 Å². The Balaban J connectivity index is 1.56. The van der Waals surface area contributed by atoms with Gasteiger partial charge >= 0.3 is 5.97 Å². The summed E-state index contributed by atoms with van der Waals surface area (Å²) in [6.45, 7) is -0.131. The van der Waals surface area contributed by atoms with E-state index >= 15 is 0 Å². The minimum atomic E-state index is -0.541. The molecule has 3 aromatic rings. The number of hydrogen-bond acceptors (Lipinski definition) is 7. The summed E-state index contributed by atoms with van der Waals surface area (Å²) in [5.41, 5.74) is 2.07. The van der Waals surface area contributed by atoms with E-state index in [4.69, 9.17) is 19.3 Å². The highest BCUT2D eigenvalue weighted by Crippen LogP contribution is 2.21. The zero-order valence-electron chi connectivity index (χ0n) is 14.5. The van der Waals surface area contributed by atoms with Crippen LogP contribution in [0.1, 0.15) is 17.0 Å². The zero-order chi connectivity index (χ0) is 19.1. The molecule has 0 amide bonds. The van der Waals surface area contributed by atoms with Crippen LogP contribution in [0.3, 0.4) is 0 Å². The molecule has 0 aliphatic heterocycles. The van der Waals surface area contributed by atoms with Gasteiger partial charge in [-0.25, -0.2) is 4.79 Å². The number of carbonyl (C=O) groups excluding carboxylic acids is 1. The van der Waals surface area contributed by atoms with Crippen LogP contribution in [0.15, 0.2) is 59.1 Å². The molecule has 0 fully saturated rings. The fourth-order valence-electron chi connectivity index (χ4n) is 2.21. The number of ether oxygens (including phenoxy) is 2. The molecule has 0 saturated carbocycles. The third kappa shape index (κ3) is 4.80. The predicted octanol–water partition coefficient (Wildman–Crippen LogP) is 3.37. The molecule has 0 N–H and O–H groups in total. The number of rotatable bonds is 6. The molecule has 134 valence electrons. The summed E-state index contributed by atoms with van der Waals surface area (Å²) in [4.78, 5) is 16.0. The van der Waals surface area contributed by atoms with E-state index in [0.29, 0.717) is 17.1 Å². The molecule has 27 heavy (non-hydrogen) atoms. The van der Waals surface area contributed by atoms with Crippen molar-refractivity contribution in [2.24, 2.45) is 0 Å². The topological polar surface area (TPSA) is 98.2 Å². The van der Waals surface area contributed by atoms with Crippen molar-refractivity contribution < 1.29 is 18.8 Å². The molecule has 0 aliphatic rings. The molecule has 0 aliphatic carbocycles. The Bertz CT molecular complexity index is 1000. The highest BCUT2D eigenvalue weighted by molar-refractivity contribution is 5.87. The Kier molecular flexibility index (Phi) is 5.60. The second kappa shape index (κ2) is 8.45. The van der Waals surface area contributed by atoms with E-state index in [9.17, 15) is 4.79 Å². The van der Waals surface area contributed by atoms with E-state index in [2.05, 4.69) is 10.1 Å². The van der Waals surface area contributed by atoms with Crippen LogP contribution >= 0.6 is 0 Å². The fourth-order valence-corrected chi connectivity index (χ4v) is 2.21. The molecular formula is C20H15N3O4. The number of esters is 1. The number of aromatic nitrogens is 2. The largest absolute Gasteiger partial charge is 0.497 e. The highest BCUT2D eigenvalue weighted by atomic mass is 16.6. The van der Waals surface area contributed by atoms with Crippen LogP contribution in [0, 0.1) is 11.3 Å². The highest BCUT2D eigenvalue weighted by Gasteiger charge is 2.10. The summed E-state index contributed by atoms with van der Waals surface area (Å²) >= 11 is 0. The molecule has 0 unspecified atom stereocenters. The summed E-state index contributed by atoms with van der Waals surface area (Å²) < 4.78 is 15.3.